The first kappa shape index (κ1) is 23.4. The average molecular weight is 474 g/mol. The topological polar surface area (TPSA) is 81.1 Å². The number of benzene rings is 3. The second-order valence-corrected chi connectivity index (χ2v) is 8.43. The number of anilines is 1. The Kier molecular flexibility index (Phi) is 7.49. The summed E-state index contributed by atoms with van der Waals surface area (Å²) >= 11 is 5.31. The van der Waals surface area contributed by atoms with Crippen LogP contribution in [0.4, 0.5) is 5.69 Å². The molecular weight excluding hydrogens is 446 g/mol. The number of rotatable bonds is 8. The van der Waals surface area contributed by atoms with Crippen LogP contribution in [-0.2, 0) is 11.2 Å². The zero-order valence-corrected chi connectivity index (χ0v) is 20.1. The maximum atomic E-state index is 12.2. The maximum Gasteiger partial charge on any atom is 0.264 e. The van der Waals surface area contributed by atoms with Crippen LogP contribution in [0.3, 0.4) is 0 Å². The molecule has 4 aromatic rings. The van der Waals surface area contributed by atoms with Crippen LogP contribution in [0.1, 0.15) is 30.9 Å². The van der Waals surface area contributed by atoms with Crippen molar-refractivity contribution in [1.82, 2.24) is 20.3 Å². The molecule has 0 saturated heterocycles. The van der Waals surface area contributed by atoms with Crippen molar-refractivity contribution in [1.29, 1.82) is 0 Å². The summed E-state index contributed by atoms with van der Waals surface area (Å²) in [4.78, 5) is 13.8. The van der Waals surface area contributed by atoms with Crippen LogP contribution < -0.4 is 15.4 Å². The first-order valence-electron chi connectivity index (χ1n) is 11.3. The fraction of sp³-hybridized carbons (Fsp3) is 0.231. The standard InChI is InChI=1S/C26H27N5O2S/c1-3-4-8-19-11-13-20(14-12-19)31-29-23-15-18(2)22(16-24(23)30-31)27-26(34)28-25(32)17-33-21-9-6-5-7-10-21/h5-7,9-16H,3-4,8,17H2,1-2H3,(H2,27,28,32,34). The molecule has 0 unspecified atom stereocenters. The van der Waals surface area contributed by atoms with E-state index in [4.69, 9.17) is 17.0 Å². The molecule has 1 heterocycles. The van der Waals surface area contributed by atoms with Gasteiger partial charge in [-0.25, -0.2) is 0 Å². The molecule has 0 aliphatic carbocycles. The fourth-order valence-electron chi connectivity index (χ4n) is 3.48. The van der Waals surface area contributed by atoms with Crippen molar-refractivity contribution in [3.63, 3.8) is 0 Å². The molecule has 0 aliphatic rings. The van der Waals surface area contributed by atoms with E-state index >= 15 is 0 Å². The molecule has 0 radical (unpaired) electrons. The van der Waals surface area contributed by atoms with E-state index in [0.29, 0.717) is 5.75 Å². The van der Waals surface area contributed by atoms with Crippen molar-refractivity contribution in [2.45, 2.75) is 33.1 Å². The molecule has 174 valence electrons. The first-order chi connectivity index (χ1) is 16.5. The van der Waals surface area contributed by atoms with Gasteiger partial charge in [-0.15, -0.1) is 10.2 Å². The number of aromatic nitrogens is 3. The monoisotopic (exact) mass is 473 g/mol. The number of carbonyl (C=O) groups excluding carboxylic acids is 1. The second kappa shape index (κ2) is 10.9. The molecule has 2 N–H and O–H groups in total. The molecule has 3 aromatic carbocycles. The number of fused-ring (bicyclic) bond motifs is 1. The molecule has 7 nitrogen and oxygen atoms in total. The van der Waals surface area contributed by atoms with Crippen molar-refractivity contribution >= 4 is 40.0 Å². The number of hydrogen-bond donors (Lipinski definition) is 2. The minimum Gasteiger partial charge on any atom is -0.484 e. The quantitative estimate of drug-likeness (QED) is 0.352. The third-order valence-corrected chi connectivity index (χ3v) is 5.53. The van der Waals surface area contributed by atoms with Gasteiger partial charge in [-0.05, 0) is 79.5 Å². The third-order valence-electron chi connectivity index (χ3n) is 5.33. The van der Waals surface area contributed by atoms with Crippen LogP contribution in [0, 0.1) is 6.92 Å². The Morgan fingerprint density at radius 2 is 1.74 bits per heavy atom. The Morgan fingerprint density at radius 3 is 2.44 bits per heavy atom. The predicted octanol–water partition coefficient (Wildman–Crippen LogP) is 4.96. The van der Waals surface area contributed by atoms with Gasteiger partial charge in [0.1, 0.15) is 16.8 Å². The van der Waals surface area contributed by atoms with Crippen LogP contribution in [-0.4, -0.2) is 32.6 Å². The highest BCUT2D eigenvalue weighted by atomic mass is 32.1. The number of hydrogen-bond acceptors (Lipinski definition) is 5. The molecule has 1 amide bonds. The fourth-order valence-corrected chi connectivity index (χ4v) is 3.70. The highest BCUT2D eigenvalue weighted by Gasteiger charge is 2.11. The zero-order valence-electron chi connectivity index (χ0n) is 19.2. The van der Waals surface area contributed by atoms with Gasteiger partial charge < -0.3 is 10.1 Å². The van der Waals surface area contributed by atoms with Gasteiger partial charge in [-0.2, -0.15) is 4.80 Å². The summed E-state index contributed by atoms with van der Waals surface area (Å²) in [5, 5.41) is 15.1. The lowest BCUT2D eigenvalue weighted by molar-refractivity contribution is -0.121. The zero-order chi connectivity index (χ0) is 23.9. The SMILES string of the molecule is CCCCc1ccc(-n2nc3cc(C)c(NC(=S)NC(=O)COc4ccccc4)cc3n2)cc1. The van der Waals surface area contributed by atoms with E-state index in [0.717, 1.165) is 34.4 Å². The van der Waals surface area contributed by atoms with Crippen molar-refractivity contribution in [3.8, 4) is 11.4 Å². The summed E-state index contributed by atoms with van der Waals surface area (Å²) in [6, 6.07) is 21.3. The number of aryl methyl sites for hydroxylation is 2. The van der Waals surface area contributed by atoms with Crippen LogP contribution in [0.5, 0.6) is 5.75 Å². The first-order valence-corrected chi connectivity index (χ1v) is 11.7. The molecule has 0 fully saturated rings. The Balaban J connectivity index is 1.40. The average Bonchev–Trinajstić information content (AvgIpc) is 3.25. The number of para-hydroxylation sites is 1. The van der Waals surface area contributed by atoms with Gasteiger partial charge in [-0.3, -0.25) is 10.1 Å². The van der Waals surface area contributed by atoms with Gasteiger partial charge in [0.25, 0.3) is 5.91 Å². The molecule has 0 saturated carbocycles. The van der Waals surface area contributed by atoms with Crippen molar-refractivity contribution in [3.05, 3.63) is 77.9 Å². The van der Waals surface area contributed by atoms with E-state index < -0.39 is 0 Å². The summed E-state index contributed by atoms with van der Waals surface area (Å²) in [6.45, 7) is 4.02. The number of amides is 1. The van der Waals surface area contributed by atoms with E-state index in [1.807, 2.05) is 49.4 Å². The van der Waals surface area contributed by atoms with E-state index in [-0.39, 0.29) is 17.6 Å². The number of carbonyl (C=O) groups is 1. The lowest BCUT2D eigenvalue weighted by atomic mass is 10.1. The highest BCUT2D eigenvalue weighted by Crippen LogP contribution is 2.22. The lowest BCUT2D eigenvalue weighted by Crippen LogP contribution is -2.37. The smallest absolute Gasteiger partial charge is 0.264 e. The van der Waals surface area contributed by atoms with E-state index in [9.17, 15) is 4.79 Å². The summed E-state index contributed by atoms with van der Waals surface area (Å²) in [5.74, 6) is 0.282. The Morgan fingerprint density at radius 1 is 1.03 bits per heavy atom. The van der Waals surface area contributed by atoms with Crippen LogP contribution >= 0.6 is 12.2 Å². The van der Waals surface area contributed by atoms with Crippen LogP contribution in [0.15, 0.2) is 66.7 Å². The number of thiocarbonyl (C=S) groups is 1. The number of nitrogens with zero attached hydrogens (tertiary/aromatic N) is 3. The molecule has 0 atom stereocenters. The van der Waals surface area contributed by atoms with Gasteiger partial charge in [0.15, 0.2) is 11.7 Å². The molecule has 34 heavy (non-hydrogen) atoms. The Bertz CT molecular complexity index is 1290. The normalized spacial score (nSPS) is 10.8. The molecule has 1 aromatic heterocycles. The summed E-state index contributed by atoms with van der Waals surface area (Å²) < 4.78 is 5.45. The van der Waals surface area contributed by atoms with Gasteiger partial charge in [0.05, 0.1) is 5.69 Å². The third kappa shape index (κ3) is 5.96. The van der Waals surface area contributed by atoms with Gasteiger partial charge in [-0.1, -0.05) is 43.7 Å². The van der Waals surface area contributed by atoms with Crippen molar-refractivity contribution in [2.75, 3.05) is 11.9 Å². The minimum atomic E-state index is -0.339. The lowest BCUT2D eigenvalue weighted by Gasteiger charge is -2.12. The van der Waals surface area contributed by atoms with Gasteiger partial charge >= 0.3 is 0 Å². The summed E-state index contributed by atoms with van der Waals surface area (Å²) in [7, 11) is 0. The van der Waals surface area contributed by atoms with Crippen LogP contribution in [0.25, 0.3) is 16.7 Å². The van der Waals surface area contributed by atoms with Crippen molar-refractivity contribution in [2.24, 2.45) is 0 Å². The second-order valence-electron chi connectivity index (χ2n) is 8.02. The van der Waals surface area contributed by atoms with Crippen molar-refractivity contribution < 1.29 is 9.53 Å². The van der Waals surface area contributed by atoms with E-state index in [1.54, 1.807) is 16.9 Å². The molecule has 8 heteroatoms. The maximum absolute atomic E-state index is 12.2. The van der Waals surface area contributed by atoms with E-state index in [1.165, 1.54) is 18.4 Å². The Hall–Kier alpha value is -3.78. The molecule has 0 spiro atoms. The number of nitrogens with one attached hydrogen (secondary N) is 2. The molecule has 0 bridgehead atoms. The summed E-state index contributed by atoms with van der Waals surface area (Å²) in [6.07, 6.45) is 3.44. The van der Waals surface area contributed by atoms with Crippen LogP contribution in [0.2, 0.25) is 0 Å². The number of ether oxygens (including phenoxy) is 1. The highest BCUT2D eigenvalue weighted by molar-refractivity contribution is 7.80. The van der Waals surface area contributed by atoms with E-state index in [2.05, 4.69) is 39.9 Å². The number of unbranched alkanes of at least 4 members (excludes halogenated alkanes) is 1. The largest absolute Gasteiger partial charge is 0.484 e. The molecule has 4 rings (SSSR count). The minimum absolute atomic E-state index is 0.130. The van der Waals surface area contributed by atoms with Gasteiger partial charge in [0, 0.05) is 5.69 Å². The predicted molar refractivity (Wildman–Crippen MR) is 139 cm³/mol. The Labute approximate surface area is 204 Å². The molecule has 0 aliphatic heterocycles. The molecular formula is C26H27N5O2S. The summed E-state index contributed by atoms with van der Waals surface area (Å²) in [5.41, 5.74) is 5.42. The van der Waals surface area contributed by atoms with Gasteiger partial charge in [0.2, 0.25) is 0 Å².